The van der Waals surface area contributed by atoms with E-state index in [1.54, 1.807) is 0 Å². The van der Waals surface area contributed by atoms with Crippen molar-refractivity contribution in [3.8, 4) is 0 Å². The first-order valence-corrected chi connectivity index (χ1v) is 7.16. The van der Waals surface area contributed by atoms with Crippen LogP contribution in [0.1, 0.15) is 40.0 Å². The lowest BCUT2D eigenvalue weighted by Crippen LogP contribution is -2.57. The van der Waals surface area contributed by atoms with E-state index in [9.17, 15) is 23.1 Å². The molecule has 1 aliphatic rings. The highest BCUT2D eigenvalue weighted by atomic mass is 19.4. The SMILES string of the molecule is C[C@@H]1CC(C)(C)C[C@@](CO)(NCC(=O)NCC(F)(F)F)C1. The zero-order chi connectivity index (χ0) is 16.3. The number of halogens is 3. The molecule has 7 heteroatoms. The van der Waals surface area contributed by atoms with Gasteiger partial charge in [0.15, 0.2) is 0 Å². The number of nitrogens with one attached hydrogen (secondary N) is 2. The van der Waals surface area contributed by atoms with E-state index in [2.05, 4.69) is 26.1 Å². The van der Waals surface area contributed by atoms with Gasteiger partial charge in [0.25, 0.3) is 0 Å². The van der Waals surface area contributed by atoms with E-state index in [1.807, 2.05) is 5.32 Å². The Morgan fingerprint density at radius 2 is 1.95 bits per heavy atom. The maximum Gasteiger partial charge on any atom is 0.405 e. The van der Waals surface area contributed by atoms with Gasteiger partial charge in [0, 0.05) is 5.54 Å². The Morgan fingerprint density at radius 3 is 2.43 bits per heavy atom. The third-order valence-electron chi connectivity index (χ3n) is 3.87. The summed E-state index contributed by atoms with van der Waals surface area (Å²) in [6.45, 7) is 4.59. The number of hydrogen-bond donors (Lipinski definition) is 3. The molecule has 0 bridgehead atoms. The largest absolute Gasteiger partial charge is 0.405 e. The Labute approximate surface area is 123 Å². The standard InChI is InChI=1S/C14H25F3N2O2/c1-10-4-12(2,3)7-13(5-10,9-20)19-6-11(21)18-8-14(15,16)17/h10,19-20H,4-9H2,1-3H3,(H,18,21)/t10-,13+/m1/s1. The predicted molar refractivity (Wildman–Crippen MR) is 73.7 cm³/mol. The Bertz CT molecular complexity index is 372. The molecule has 0 aliphatic heterocycles. The minimum absolute atomic E-state index is 0.0237. The summed E-state index contributed by atoms with van der Waals surface area (Å²) in [6, 6.07) is 0. The monoisotopic (exact) mass is 310 g/mol. The summed E-state index contributed by atoms with van der Waals surface area (Å²) in [5, 5.41) is 14.5. The average Bonchev–Trinajstić information content (AvgIpc) is 2.30. The molecule has 1 rings (SSSR count). The van der Waals surface area contributed by atoms with Crippen LogP contribution in [-0.4, -0.2) is 42.4 Å². The Balaban J connectivity index is 2.55. The minimum atomic E-state index is -4.41. The van der Waals surface area contributed by atoms with Gasteiger partial charge in [-0.15, -0.1) is 0 Å². The molecule has 1 amide bonds. The Hall–Kier alpha value is -0.820. The van der Waals surface area contributed by atoms with E-state index in [0.717, 1.165) is 6.42 Å². The summed E-state index contributed by atoms with van der Waals surface area (Å²) in [5.41, 5.74) is -0.577. The molecule has 124 valence electrons. The number of alkyl halides is 3. The lowest BCUT2D eigenvalue weighted by Gasteiger charge is -2.47. The van der Waals surface area contributed by atoms with Crippen LogP contribution < -0.4 is 10.6 Å². The van der Waals surface area contributed by atoms with Gasteiger partial charge in [0.2, 0.25) is 5.91 Å². The van der Waals surface area contributed by atoms with E-state index in [1.165, 1.54) is 0 Å². The van der Waals surface area contributed by atoms with Crippen LogP contribution in [0, 0.1) is 11.3 Å². The topological polar surface area (TPSA) is 61.4 Å². The molecular formula is C14H25F3N2O2. The third kappa shape index (κ3) is 6.22. The molecule has 1 aliphatic carbocycles. The highest BCUT2D eigenvalue weighted by Gasteiger charge is 2.42. The fourth-order valence-corrected chi connectivity index (χ4v) is 3.58. The molecule has 0 spiro atoms. The first kappa shape index (κ1) is 18.2. The fraction of sp³-hybridized carbons (Fsp3) is 0.929. The molecule has 1 fully saturated rings. The summed E-state index contributed by atoms with van der Waals surface area (Å²) in [7, 11) is 0. The zero-order valence-corrected chi connectivity index (χ0v) is 12.8. The first-order valence-electron chi connectivity index (χ1n) is 7.16. The maximum atomic E-state index is 12.0. The van der Waals surface area contributed by atoms with E-state index >= 15 is 0 Å². The van der Waals surface area contributed by atoms with E-state index < -0.39 is 24.2 Å². The zero-order valence-electron chi connectivity index (χ0n) is 12.8. The van der Waals surface area contributed by atoms with Gasteiger partial charge in [-0.2, -0.15) is 13.2 Å². The second kappa shape index (κ2) is 6.52. The van der Waals surface area contributed by atoms with Crippen molar-refractivity contribution in [2.75, 3.05) is 19.7 Å². The number of hydrogen-bond acceptors (Lipinski definition) is 3. The quantitative estimate of drug-likeness (QED) is 0.726. The summed E-state index contributed by atoms with van der Waals surface area (Å²) in [4.78, 5) is 11.5. The first-order chi connectivity index (χ1) is 9.47. The van der Waals surface area contributed by atoms with E-state index in [0.29, 0.717) is 18.8 Å². The van der Waals surface area contributed by atoms with Gasteiger partial charge in [0.05, 0.1) is 13.2 Å². The van der Waals surface area contributed by atoms with Crippen LogP contribution in [-0.2, 0) is 4.79 Å². The molecule has 0 aromatic rings. The molecule has 0 saturated heterocycles. The lowest BCUT2D eigenvalue weighted by atomic mass is 9.64. The molecule has 2 atom stereocenters. The number of aliphatic hydroxyl groups is 1. The van der Waals surface area contributed by atoms with Gasteiger partial charge in [-0.05, 0) is 30.6 Å². The highest BCUT2D eigenvalue weighted by molar-refractivity contribution is 5.78. The molecule has 1 saturated carbocycles. The summed E-state index contributed by atoms with van der Waals surface area (Å²) < 4.78 is 36.1. The molecule has 21 heavy (non-hydrogen) atoms. The fourth-order valence-electron chi connectivity index (χ4n) is 3.58. The highest BCUT2D eigenvalue weighted by Crippen LogP contribution is 2.43. The molecule has 3 N–H and O–H groups in total. The number of aliphatic hydroxyl groups excluding tert-OH is 1. The molecule has 0 aromatic heterocycles. The molecular weight excluding hydrogens is 285 g/mol. The van der Waals surface area contributed by atoms with Gasteiger partial charge >= 0.3 is 6.18 Å². The van der Waals surface area contributed by atoms with Crippen molar-refractivity contribution in [1.82, 2.24) is 10.6 Å². The van der Waals surface area contributed by atoms with Gasteiger partial charge < -0.3 is 15.7 Å². The van der Waals surface area contributed by atoms with Crippen molar-refractivity contribution < 1.29 is 23.1 Å². The van der Waals surface area contributed by atoms with Crippen molar-refractivity contribution in [1.29, 1.82) is 0 Å². The van der Waals surface area contributed by atoms with Crippen molar-refractivity contribution in [3.05, 3.63) is 0 Å². The van der Waals surface area contributed by atoms with Crippen molar-refractivity contribution in [2.24, 2.45) is 11.3 Å². The average molecular weight is 310 g/mol. The van der Waals surface area contributed by atoms with Crippen LogP contribution >= 0.6 is 0 Å². The van der Waals surface area contributed by atoms with Gasteiger partial charge in [-0.1, -0.05) is 20.8 Å². The summed E-state index contributed by atoms with van der Waals surface area (Å²) >= 11 is 0. The number of rotatable bonds is 5. The van der Waals surface area contributed by atoms with Crippen molar-refractivity contribution >= 4 is 5.91 Å². The molecule has 0 radical (unpaired) electrons. The molecule has 0 unspecified atom stereocenters. The van der Waals surface area contributed by atoms with E-state index in [4.69, 9.17) is 0 Å². The van der Waals surface area contributed by atoms with Crippen LogP contribution in [0.3, 0.4) is 0 Å². The number of amides is 1. The normalized spacial score (nSPS) is 29.2. The summed E-state index contributed by atoms with van der Waals surface area (Å²) in [5.74, 6) is -0.331. The lowest BCUT2D eigenvalue weighted by molar-refractivity contribution is -0.138. The van der Waals surface area contributed by atoms with Crippen LogP contribution in [0.15, 0.2) is 0 Å². The van der Waals surface area contributed by atoms with Gasteiger partial charge in [-0.25, -0.2) is 0 Å². The smallest absolute Gasteiger partial charge is 0.394 e. The van der Waals surface area contributed by atoms with Crippen LogP contribution in [0.4, 0.5) is 13.2 Å². The van der Waals surface area contributed by atoms with Gasteiger partial charge in [0.1, 0.15) is 6.54 Å². The van der Waals surface area contributed by atoms with Gasteiger partial charge in [-0.3, -0.25) is 4.79 Å². The second-order valence-electron chi connectivity index (χ2n) is 7.04. The second-order valence-corrected chi connectivity index (χ2v) is 7.04. The Kier molecular flexibility index (Phi) is 5.66. The number of carbonyl (C=O) groups is 1. The van der Waals surface area contributed by atoms with Crippen molar-refractivity contribution in [3.63, 3.8) is 0 Å². The van der Waals surface area contributed by atoms with Crippen LogP contribution in [0.2, 0.25) is 0 Å². The van der Waals surface area contributed by atoms with E-state index in [-0.39, 0.29) is 18.6 Å². The Morgan fingerprint density at radius 1 is 1.33 bits per heavy atom. The minimum Gasteiger partial charge on any atom is -0.394 e. The molecule has 4 nitrogen and oxygen atoms in total. The predicted octanol–water partition coefficient (Wildman–Crippen LogP) is 1.83. The summed E-state index contributed by atoms with van der Waals surface area (Å²) in [6.07, 6.45) is -1.99. The van der Waals surface area contributed by atoms with Crippen LogP contribution in [0.25, 0.3) is 0 Å². The third-order valence-corrected chi connectivity index (χ3v) is 3.87. The number of carbonyl (C=O) groups excluding carboxylic acids is 1. The maximum absolute atomic E-state index is 12.0. The van der Waals surface area contributed by atoms with Crippen molar-refractivity contribution in [2.45, 2.75) is 51.7 Å². The molecule has 0 heterocycles. The molecule has 0 aromatic carbocycles. The van der Waals surface area contributed by atoms with Crippen LogP contribution in [0.5, 0.6) is 0 Å².